The smallest absolute Gasteiger partial charge is 0.243 e. The van der Waals surface area contributed by atoms with Gasteiger partial charge < -0.3 is 10.2 Å². The van der Waals surface area contributed by atoms with Crippen molar-refractivity contribution in [1.29, 1.82) is 0 Å². The van der Waals surface area contributed by atoms with Gasteiger partial charge in [0.05, 0.1) is 0 Å². The van der Waals surface area contributed by atoms with Crippen molar-refractivity contribution < 1.29 is 14.0 Å². The Labute approximate surface area is 222 Å². The number of nitrogens with zero attached hydrogens (tertiary/aromatic N) is 1. The molecule has 0 saturated heterocycles. The first-order valence-corrected chi connectivity index (χ1v) is 13.4. The van der Waals surface area contributed by atoms with Crippen LogP contribution in [0.15, 0.2) is 83.8 Å². The number of halogens is 2. The minimum Gasteiger partial charge on any atom is -0.354 e. The van der Waals surface area contributed by atoms with Crippen LogP contribution in [0.2, 0.25) is 5.02 Å². The van der Waals surface area contributed by atoms with Crippen molar-refractivity contribution >= 4 is 35.2 Å². The molecule has 0 bridgehead atoms. The van der Waals surface area contributed by atoms with E-state index in [0.29, 0.717) is 23.7 Å². The van der Waals surface area contributed by atoms with Gasteiger partial charge in [-0.15, -0.1) is 11.8 Å². The van der Waals surface area contributed by atoms with Crippen LogP contribution >= 0.6 is 23.4 Å². The van der Waals surface area contributed by atoms with Gasteiger partial charge in [0.1, 0.15) is 11.9 Å². The Morgan fingerprint density at radius 1 is 0.944 bits per heavy atom. The highest BCUT2D eigenvalue weighted by Gasteiger charge is 2.30. The Hall–Kier alpha value is -2.83. The molecule has 0 spiro atoms. The van der Waals surface area contributed by atoms with Crippen molar-refractivity contribution in [2.75, 3.05) is 12.3 Å². The highest BCUT2D eigenvalue weighted by atomic mass is 35.5. The molecule has 0 fully saturated rings. The molecule has 0 radical (unpaired) electrons. The molecule has 0 aromatic heterocycles. The van der Waals surface area contributed by atoms with E-state index in [2.05, 4.69) is 5.32 Å². The Balaban J connectivity index is 1.82. The van der Waals surface area contributed by atoms with E-state index >= 15 is 0 Å². The molecule has 0 aliphatic heterocycles. The molecule has 1 N–H and O–H groups in total. The molecule has 1 atom stereocenters. The summed E-state index contributed by atoms with van der Waals surface area (Å²) < 4.78 is 13.5. The molecule has 1 unspecified atom stereocenters. The van der Waals surface area contributed by atoms with E-state index in [1.807, 2.05) is 68.4 Å². The standard InChI is InChI=1S/C29H32ClFN2O2S/c1-21(2)19-32-29(35)27(18-22-6-4-3-5-7-22)33(20-23-8-12-25(31)13-9-23)28(34)16-17-36-26-14-10-24(30)11-15-26/h3-15,21,27H,16-20H2,1-2H3,(H,32,35). The summed E-state index contributed by atoms with van der Waals surface area (Å²) in [5.41, 5.74) is 1.74. The molecule has 2 amide bonds. The maximum atomic E-state index is 13.6. The zero-order valence-corrected chi connectivity index (χ0v) is 22.2. The summed E-state index contributed by atoms with van der Waals surface area (Å²) in [7, 11) is 0. The van der Waals surface area contributed by atoms with Crippen molar-refractivity contribution in [2.24, 2.45) is 5.92 Å². The molecular formula is C29H32ClFN2O2S. The molecule has 4 nitrogen and oxygen atoms in total. The van der Waals surface area contributed by atoms with Crippen LogP contribution in [0, 0.1) is 11.7 Å². The van der Waals surface area contributed by atoms with Crippen molar-refractivity contribution in [3.8, 4) is 0 Å². The quantitative estimate of drug-likeness (QED) is 0.279. The van der Waals surface area contributed by atoms with Gasteiger partial charge in [0.25, 0.3) is 0 Å². The summed E-state index contributed by atoms with van der Waals surface area (Å²) in [6, 6.07) is 22.5. The van der Waals surface area contributed by atoms with Crippen LogP contribution in [0.25, 0.3) is 0 Å². The lowest BCUT2D eigenvalue weighted by atomic mass is 10.0. The fourth-order valence-electron chi connectivity index (χ4n) is 3.69. The van der Waals surface area contributed by atoms with Gasteiger partial charge in [-0.1, -0.05) is 67.9 Å². The first-order chi connectivity index (χ1) is 17.3. The van der Waals surface area contributed by atoms with Crippen molar-refractivity contribution in [1.82, 2.24) is 10.2 Å². The van der Waals surface area contributed by atoms with E-state index in [9.17, 15) is 14.0 Å². The summed E-state index contributed by atoms with van der Waals surface area (Å²) in [6.45, 7) is 4.80. The van der Waals surface area contributed by atoms with Crippen LogP contribution in [-0.2, 0) is 22.6 Å². The van der Waals surface area contributed by atoms with Crippen LogP contribution in [-0.4, -0.2) is 35.1 Å². The first kappa shape index (κ1) is 27.8. The number of carbonyl (C=O) groups excluding carboxylic acids is 2. The Kier molecular flexibility index (Phi) is 10.8. The molecule has 190 valence electrons. The number of nitrogens with one attached hydrogen (secondary N) is 1. The monoisotopic (exact) mass is 526 g/mol. The Bertz CT molecular complexity index is 1110. The Morgan fingerprint density at radius 2 is 1.61 bits per heavy atom. The van der Waals surface area contributed by atoms with Gasteiger partial charge in [0, 0.05) is 41.6 Å². The van der Waals surface area contributed by atoms with Crippen LogP contribution in [0.5, 0.6) is 0 Å². The second-order valence-electron chi connectivity index (χ2n) is 9.05. The number of rotatable bonds is 12. The average Bonchev–Trinajstić information content (AvgIpc) is 2.87. The molecule has 36 heavy (non-hydrogen) atoms. The zero-order valence-electron chi connectivity index (χ0n) is 20.6. The third-order valence-electron chi connectivity index (χ3n) is 5.62. The predicted molar refractivity (Wildman–Crippen MR) is 146 cm³/mol. The summed E-state index contributed by atoms with van der Waals surface area (Å²) in [5, 5.41) is 3.67. The number of benzene rings is 3. The SMILES string of the molecule is CC(C)CNC(=O)C(Cc1ccccc1)N(Cc1ccc(F)cc1)C(=O)CCSc1ccc(Cl)cc1. The van der Waals surface area contributed by atoms with Gasteiger partial charge in [0.15, 0.2) is 0 Å². The van der Waals surface area contributed by atoms with Gasteiger partial charge in [0.2, 0.25) is 11.8 Å². The van der Waals surface area contributed by atoms with Gasteiger partial charge >= 0.3 is 0 Å². The molecule has 3 rings (SSSR count). The molecule has 0 heterocycles. The van der Waals surface area contributed by atoms with Gasteiger partial charge in [-0.2, -0.15) is 0 Å². The molecule has 3 aromatic rings. The van der Waals surface area contributed by atoms with E-state index in [0.717, 1.165) is 16.0 Å². The summed E-state index contributed by atoms with van der Waals surface area (Å²) >= 11 is 7.53. The topological polar surface area (TPSA) is 49.4 Å². The number of amides is 2. The van der Waals surface area contributed by atoms with Crippen LogP contribution < -0.4 is 5.32 Å². The maximum absolute atomic E-state index is 13.6. The number of hydrogen-bond donors (Lipinski definition) is 1. The largest absolute Gasteiger partial charge is 0.354 e. The zero-order chi connectivity index (χ0) is 25.9. The highest BCUT2D eigenvalue weighted by molar-refractivity contribution is 7.99. The van der Waals surface area contributed by atoms with E-state index < -0.39 is 6.04 Å². The molecule has 0 aliphatic rings. The van der Waals surface area contributed by atoms with Crippen LogP contribution in [0.4, 0.5) is 4.39 Å². The molecule has 3 aromatic carbocycles. The van der Waals surface area contributed by atoms with E-state index in [1.54, 1.807) is 28.8 Å². The minimum atomic E-state index is -0.691. The van der Waals surface area contributed by atoms with E-state index in [4.69, 9.17) is 11.6 Å². The van der Waals surface area contributed by atoms with Crippen molar-refractivity contribution in [2.45, 2.75) is 44.2 Å². The fraction of sp³-hybridized carbons (Fsp3) is 0.310. The molecular weight excluding hydrogens is 495 g/mol. The van der Waals surface area contributed by atoms with E-state index in [-0.39, 0.29) is 36.5 Å². The lowest BCUT2D eigenvalue weighted by molar-refractivity contribution is -0.141. The minimum absolute atomic E-state index is 0.124. The second kappa shape index (κ2) is 14.0. The molecule has 7 heteroatoms. The second-order valence-corrected chi connectivity index (χ2v) is 10.6. The maximum Gasteiger partial charge on any atom is 0.243 e. The van der Waals surface area contributed by atoms with Gasteiger partial charge in [-0.3, -0.25) is 9.59 Å². The summed E-state index contributed by atoms with van der Waals surface area (Å²) in [6.07, 6.45) is 0.652. The first-order valence-electron chi connectivity index (χ1n) is 12.1. The number of carbonyl (C=O) groups is 2. The van der Waals surface area contributed by atoms with Crippen LogP contribution in [0.1, 0.15) is 31.4 Å². The predicted octanol–water partition coefficient (Wildman–Crippen LogP) is 6.37. The average molecular weight is 527 g/mol. The lowest BCUT2D eigenvalue weighted by Crippen LogP contribution is -2.51. The van der Waals surface area contributed by atoms with Crippen molar-refractivity contribution in [3.05, 3.63) is 101 Å². The number of thioether (sulfide) groups is 1. The normalized spacial score (nSPS) is 11.8. The summed E-state index contributed by atoms with van der Waals surface area (Å²) in [5.74, 6) is 0.191. The highest BCUT2D eigenvalue weighted by Crippen LogP contribution is 2.22. The van der Waals surface area contributed by atoms with Gasteiger partial charge in [-0.25, -0.2) is 4.39 Å². The third kappa shape index (κ3) is 8.99. The Morgan fingerprint density at radius 3 is 2.25 bits per heavy atom. The molecule has 0 saturated carbocycles. The number of hydrogen-bond acceptors (Lipinski definition) is 3. The fourth-order valence-corrected chi connectivity index (χ4v) is 4.66. The van der Waals surface area contributed by atoms with Gasteiger partial charge in [-0.05, 0) is 53.4 Å². The van der Waals surface area contributed by atoms with Crippen LogP contribution in [0.3, 0.4) is 0 Å². The van der Waals surface area contributed by atoms with Crippen molar-refractivity contribution in [3.63, 3.8) is 0 Å². The lowest BCUT2D eigenvalue weighted by Gasteiger charge is -2.32. The molecule has 0 aliphatic carbocycles. The summed E-state index contributed by atoms with van der Waals surface area (Å²) in [4.78, 5) is 29.6. The van der Waals surface area contributed by atoms with E-state index in [1.165, 1.54) is 12.1 Å². The third-order valence-corrected chi connectivity index (χ3v) is 6.89.